The number of aromatic nitrogens is 2. The number of hydrogen-bond donors (Lipinski definition) is 2. The van der Waals surface area contributed by atoms with E-state index in [9.17, 15) is 4.79 Å². The number of amides is 1. The maximum Gasteiger partial charge on any atom is 0.255 e. The van der Waals surface area contributed by atoms with Gasteiger partial charge in [-0.2, -0.15) is 0 Å². The monoisotopic (exact) mass is 613 g/mol. The van der Waals surface area contributed by atoms with Crippen molar-refractivity contribution in [3.63, 3.8) is 0 Å². The molecule has 1 aliphatic rings. The van der Waals surface area contributed by atoms with Crippen molar-refractivity contribution < 1.29 is 14.3 Å². The Bertz CT molecular complexity index is 1840. The van der Waals surface area contributed by atoms with Gasteiger partial charge in [-0.25, -0.2) is 9.97 Å². The summed E-state index contributed by atoms with van der Waals surface area (Å²) in [6, 6.07) is 28.0. The second kappa shape index (κ2) is 13.8. The van der Waals surface area contributed by atoms with Gasteiger partial charge in [-0.15, -0.1) is 0 Å². The Morgan fingerprint density at radius 3 is 2.35 bits per heavy atom. The first kappa shape index (κ1) is 30.8. The first-order chi connectivity index (χ1) is 22.4. The second-order valence-electron chi connectivity index (χ2n) is 11.7. The molecule has 0 bridgehead atoms. The van der Waals surface area contributed by atoms with Gasteiger partial charge in [-0.3, -0.25) is 9.69 Å². The fourth-order valence-electron chi connectivity index (χ4n) is 5.70. The number of benzene rings is 4. The fourth-order valence-corrected chi connectivity index (χ4v) is 5.70. The van der Waals surface area contributed by atoms with E-state index in [1.54, 1.807) is 20.4 Å². The highest BCUT2D eigenvalue weighted by molar-refractivity contribution is 6.05. The van der Waals surface area contributed by atoms with Crippen LogP contribution in [-0.2, 0) is 19.4 Å². The van der Waals surface area contributed by atoms with Crippen LogP contribution in [0, 0.1) is 13.8 Å². The number of rotatable bonds is 10. The lowest BCUT2D eigenvalue weighted by Gasteiger charge is -2.29. The molecular formula is C38H39N5O3. The SMILES string of the molecule is COc1cc2c(cc1OC)CN(CCc1ccc(NC(=O)c3ccc(C)c(Nc4nccc(-c5ccc(C)cc5)n4)c3)cc1)CC2. The Morgan fingerprint density at radius 2 is 1.61 bits per heavy atom. The molecule has 4 aromatic carbocycles. The van der Waals surface area contributed by atoms with Gasteiger partial charge in [0.1, 0.15) is 0 Å². The lowest BCUT2D eigenvalue weighted by molar-refractivity contribution is 0.102. The number of fused-ring (bicyclic) bond motifs is 1. The summed E-state index contributed by atoms with van der Waals surface area (Å²) in [6.07, 6.45) is 3.65. The van der Waals surface area contributed by atoms with E-state index in [1.807, 2.05) is 55.5 Å². The molecule has 0 atom stereocenters. The van der Waals surface area contributed by atoms with Crippen LogP contribution in [0.1, 0.15) is 38.2 Å². The van der Waals surface area contributed by atoms with Gasteiger partial charge in [-0.1, -0.05) is 48.0 Å². The number of aryl methyl sites for hydroxylation is 2. The van der Waals surface area contributed by atoms with Gasteiger partial charge in [0.25, 0.3) is 5.91 Å². The average Bonchev–Trinajstić information content (AvgIpc) is 3.08. The third-order valence-corrected chi connectivity index (χ3v) is 8.47. The molecule has 234 valence electrons. The van der Waals surface area contributed by atoms with Crippen molar-refractivity contribution in [1.82, 2.24) is 14.9 Å². The van der Waals surface area contributed by atoms with Crippen molar-refractivity contribution >= 4 is 23.2 Å². The largest absolute Gasteiger partial charge is 0.493 e. The first-order valence-corrected chi connectivity index (χ1v) is 15.5. The van der Waals surface area contributed by atoms with Crippen molar-refractivity contribution in [2.24, 2.45) is 0 Å². The number of carbonyl (C=O) groups excluding carboxylic acids is 1. The predicted molar refractivity (Wildman–Crippen MR) is 183 cm³/mol. The molecule has 1 aromatic heterocycles. The number of hydrogen-bond acceptors (Lipinski definition) is 7. The van der Waals surface area contributed by atoms with E-state index in [1.165, 1.54) is 22.3 Å². The van der Waals surface area contributed by atoms with Crippen molar-refractivity contribution in [3.05, 3.63) is 125 Å². The fraction of sp³-hybridized carbons (Fsp3) is 0.237. The average molecular weight is 614 g/mol. The molecule has 0 saturated heterocycles. The summed E-state index contributed by atoms with van der Waals surface area (Å²) in [5, 5.41) is 6.34. The van der Waals surface area contributed by atoms with Gasteiger partial charge in [0.05, 0.1) is 19.9 Å². The summed E-state index contributed by atoms with van der Waals surface area (Å²) in [7, 11) is 3.35. The van der Waals surface area contributed by atoms with Gasteiger partial charge in [0.2, 0.25) is 5.95 Å². The minimum Gasteiger partial charge on any atom is -0.493 e. The van der Waals surface area contributed by atoms with Crippen LogP contribution in [-0.4, -0.2) is 48.1 Å². The first-order valence-electron chi connectivity index (χ1n) is 15.5. The van der Waals surface area contributed by atoms with Crippen LogP contribution in [0.4, 0.5) is 17.3 Å². The van der Waals surface area contributed by atoms with Gasteiger partial charge >= 0.3 is 0 Å². The molecule has 46 heavy (non-hydrogen) atoms. The molecule has 0 unspecified atom stereocenters. The summed E-state index contributed by atoms with van der Waals surface area (Å²) in [6.45, 7) is 6.90. The Morgan fingerprint density at radius 1 is 0.870 bits per heavy atom. The third-order valence-electron chi connectivity index (χ3n) is 8.47. The van der Waals surface area contributed by atoms with Crippen molar-refractivity contribution in [2.45, 2.75) is 33.2 Å². The van der Waals surface area contributed by atoms with Gasteiger partial charge < -0.3 is 20.1 Å². The standard InChI is InChI=1S/C38H39N5O3/c1-25-5-10-28(11-6-25)33-15-18-39-38(41-33)42-34-21-30(12-7-26(34)2)37(44)40-32-13-8-27(9-14-32)16-19-43-20-17-29-22-35(45-3)36(46-4)23-31(29)24-43/h5-15,18,21-23H,16-17,19-20,24H2,1-4H3,(H,40,44)(H,39,41,42). The van der Waals surface area contributed by atoms with E-state index in [0.717, 1.165) is 72.2 Å². The van der Waals surface area contributed by atoms with Crippen LogP contribution in [0.2, 0.25) is 0 Å². The molecular weight excluding hydrogens is 574 g/mol. The maximum atomic E-state index is 13.2. The Balaban J connectivity index is 1.05. The van der Waals surface area contributed by atoms with Gasteiger partial charge in [0.15, 0.2) is 11.5 Å². The van der Waals surface area contributed by atoms with Crippen LogP contribution in [0.25, 0.3) is 11.3 Å². The van der Waals surface area contributed by atoms with Gasteiger partial charge in [0, 0.05) is 48.3 Å². The van der Waals surface area contributed by atoms with Crippen LogP contribution in [0.5, 0.6) is 11.5 Å². The van der Waals surface area contributed by atoms with Gasteiger partial charge in [-0.05, 0) is 91.4 Å². The molecule has 1 amide bonds. The molecule has 1 aliphatic heterocycles. The van der Waals surface area contributed by atoms with E-state index in [2.05, 4.69) is 63.8 Å². The number of nitrogens with one attached hydrogen (secondary N) is 2. The normalized spacial score (nSPS) is 12.7. The minimum absolute atomic E-state index is 0.177. The van der Waals surface area contributed by atoms with Crippen molar-refractivity contribution in [1.29, 1.82) is 0 Å². The molecule has 8 heteroatoms. The molecule has 8 nitrogen and oxygen atoms in total. The molecule has 5 aromatic rings. The quantitative estimate of drug-likeness (QED) is 0.170. The molecule has 0 saturated carbocycles. The topological polar surface area (TPSA) is 88.6 Å². The lowest BCUT2D eigenvalue weighted by atomic mass is 9.98. The van der Waals surface area contributed by atoms with Crippen molar-refractivity contribution in [2.75, 3.05) is 37.9 Å². The highest BCUT2D eigenvalue weighted by atomic mass is 16.5. The highest BCUT2D eigenvalue weighted by Gasteiger charge is 2.19. The number of methoxy groups -OCH3 is 2. The van der Waals surface area contributed by atoms with E-state index in [-0.39, 0.29) is 5.91 Å². The third kappa shape index (κ3) is 7.19. The summed E-state index contributed by atoms with van der Waals surface area (Å²) < 4.78 is 11.0. The number of nitrogens with zero attached hydrogens (tertiary/aromatic N) is 3. The molecule has 2 heterocycles. The molecule has 0 fully saturated rings. The summed E-state index contributed by atoms with van der Waals surface area (Å²) in [5.74, 6) is 1.86. The maximum absolute atomic E-state index is 13.2. The summed E-state index contributed by atoms with van der Waals surface area (Å²) in [4.78, 5) is 24.8. The highest BCUT2D eigenvalue weighted by Crippen LogP contribution is 2.33. The molecule has 0 spiro atoms. The van der Waals surface area contributed by atoms with Crippen LogP contribution in [0.3, 0.4) is 0 Å². The van der Waals surface area contributed by atoms with E-state index in [4.69, 9.17) is 14.5 Å². The van der Waals surface area contributed by atoms with Crippen LogP contribution < -0.4 is 20.1 Å². The Labute approximate surface area is 270 Å². The number of anilines is 3. The number of ether oxygens (including phenoxy) is 2. The zero-order chi connectivity index (χ0) is 32.0. The minimum atomic E-state index is -0.177. The molecule has 0 aliphatic carbocycles. The second-order valence-corrected chi connectivity index (χ2v) is 11.7. The van der Waals surface area contributed by atoms with E-state index in [0.29, 0.717) is 11.5 Å². The zero-order valence-corrected chi connectivity index (χ0v) is 26.8. The lowest BCUT2D eigenvalue weighted by Crippen LogP contribution is -2.32. The smallest absolute Gasteiger partial charge is 0.255 e. The summed E-state index contributed by atoms with van der Waals surface area (Å²) >= 11 is 0. The Kier molecular flexibility index (Phi) is 9.26. The van der Waals surface area contributed by atoms with E-state index < -0.39 is 0 Å². The number of carbonyl (C=O) groups is 1. The van der Waals surface area contributed by atoms with E-state index >= 15 is 0 Å². The zero-order valence-electron chi connectivity index (χ0n) is 26.8. The molecule has 2 N–H and O–H groups in total. The summed E-state index contributed by atoms with van der Waals surface area (Å²) in [5.41, 5.74) is 9.96. The van der Waals surface area contributed by atoms with Crippen LogP contribution in [0.15, 0.2) is 91.1 Å². The predicted octanol–water partition coefficient (Wildman–Crippen LogP) is 7.37. The van der Waals surface area contributed by atoms with Crippen LogP contribution >= 0.6 is 0 Å². The molecule has 0 radical (unpaired) electrons. The van der Waals surface area contributed by atoms with Crippen molar-refractivity contribution in [3.8, 4) is 22.8 Å². The molecule has 6 rings (SSSR count). The Hall–Kier alpha value is -5.21.